The predicted octanol–water partition coefficient (Wildman–Crippen LogP) is 2.71. The standard InChI is InChI=1S/C13H21NO2S/c1-5-13(3,4)10-14-17(15,16)12-8-6-11(2)7-9-12/h6-9,14H,5,10H2,1-4H3. The average Bonchev–Trinajstić information content (AvgIpc) is 2.27. The first kappa shape index (κ1) is 14.2. The maximum Gasteiger partial charge on any atom is 0.240 e. The van der Waals surface area contributed by atoms with Crippen LogP contribution < -0.4 is 4.72 Å². The highest BCUT2D eigenvalue weighted by Gasteiger charge is 2.20. The second-order valence-corrected chi connectivity index (χ2v) is 6.92. The fourth-order valence-corrected chi connectivity index (χ4v) is 2.46. The molecular formula is C13H21NO2S. The number of aryl methyl sites for hydroxylation is 1. The number of rotatable bonds is 5. The molecule has 0 aliphatic rings. The van der Waals surface area contributed by atoms with Gasteiger partial charge >= 0.3 is 0 Å². The topological polar surface area (TPSA) is 46.2 Å². The number of sulfonamides is 1. The highest BCUT2D eigenvalue weighted by atomic mass is 32.2. The van der Waals surface area contributed by atoms with Crippen molar-refractivity contribution in [2.24, 2.45) is 5.41 Å². The van der Waals surface area contributed by atoms with Crippen molar-refractivity contribution in [3.63, 3.8) is 0 Å². The van der Waals surface area contributed by atoms with Gasteiger partial charge in [-0.3, -0.25) is 0 Å². The second kappa shape index (κ2) is 5.19. The zero-order valence-corrected chi connectivity index (χ0v) is 11.8. The van der Waals surface area contributed by atoms with Crippen LogP contribution in [0, 0.1) is 12.3 Å². The summed E-state index contributed by atoms with van der Waals surface area (Å²) in [4.78, 5) is 0.329. The zero-order valence-electron chi connectivity index (χ0n) is 10.9. The molecule has 0 unspecified atom stereocenters. The van der Waals surface area contributed by atoms with E-state index in [1.165, 1.54) is 0 Å². The van der Waals surface area contributed by atoms with Crippen molar-refractivity contribution in [1.82, 2.24) is 4.72 Å². The minimum atomic E-state index is -3.37. The van der Waals surface area contributed by atoms with Crippen molar-refractivity contribution in [2.75, 3.05) is 6.54 Å². The third kappa shape index (κ3) is 4.13. The van der Waals surface area contributed by atoms with Gasteiger partial charge in [0.15, 0.2) is 0 Å². The van der Waals surface area contributed by atoms with Crippen LogP contribution in [0.15, 0.2) is 29.2 Å². The lowest BCUT2D eigenvalue weighted by molar-refractivity contribution is 0.350. The second-order valence-electron chi connectivity index (χ2n) is 5.16. The van der Waals surface area contributed by atoms with Crippen LogP contribution in [0.25, 0.3) is 0 Å². The zero-order chi connectivity index (χ0) is 13.1. The Morgan fingerprint density at radius 3 is 2.18 bits per heavy atom. The predicted molar refractivity (Wildman–Crippen MR) is 70.4 cm³/mol. The molecule has 0 amide bonds. The van der Waals surface area contributed by atoms with Gasteiger partial charge < -0.3 is 0 Å². The van der Waals surface area contributed by atoms with E-state index in [2.05, 4.69) is 11.6 Å². The van der Waals surface area contributed by atoms with Gasteiger partial charge in [-0.15, -0.1) is 0 Å². The van der Waals surface area contributed by atoms with E-state index >= 15 is 0 Å². The molecule has 4 heteroatoms. The molecular weight excluding hydrogens is 234 g/mol. The normalized spacial score (nSPS) is 12.7. The molecule has 0 saturated carbocycles. The van der Waals surface area contributed by atoms with Gasteiger partial charge in [0.1, 0.15) is 0 Å². The van der Waals surface area contributed by atoms with Crippen molar-refractivity contribution >= 4 is 10.0 Å². The SMILES string of the molecule is CCC(C)(C)CNS(=O)(=O)c1ccc(C)cc1. The third-order valence-corrected chi connectivity index (χ3v) is 4.45. The molecule has 0 radical (unpaired) electrons. The van der Waals surface area contributed by atoms with Gasteiger partial charge in [0.25, 0.3) is 0 Å². The molecule has 17 heavy (non-hydrogen) atoms. The molecule has 0 bridgehead atoms. The Bertz CT molecular complexity index is 461. The largest absolute Gasteiger partial charge is 0.240 e. The highest BCUT2D eigenvalue weighted by molar-refractivity contribution is 7.89. The Morgan fingerprint density at radius 2 is 1.71 bits per heavy atom. The van der Waals surface area contributed by atoms with Crippen LogP contribution >= 0.6 is 0 Å². The van der Waals surface area contributed by atoms with Crippen molar-refractivity contribution in [1.29, 1.82) is 0 Å². The molecule has 0 spiro atoms. The highest BCUT2D eigenvalue weighted by Crippen LogP contribution is 2.19. The number of benzene rings is 1. The fourth-order valence-electron chi connectivity index (χ4n) is 1.22. The minimum absolute atomic E-state index is 0.0161. The summed E-state index contributed by atoms with van der Waals surface area (Å²) in [5.74, 6) is 0. The van der Waals surface area contributed by atoms with E-state index in [0.717, 1.165) is 12.0 Å². The van der Waals surface area contributed by atoms with Gasteiger partial charge in [-0.05, 0) is 30.9 Å². The van der Waals surface area contributed by atoms with Crippen molar-refractivity contribution in [3.05, 3.63) is 29.8 Å². The quantitative estimate of drug-likeness (QED) is 0.879. The maximum atomic E-state index is 12.0. The van der Waals surface area contributed by atoms with Gasteiger partial charge in [0.2, 0.25) is 10.0 Å². The average molecular weight is 255 g/mol. The summed E-state index contributed by atoms with van der Waals surface area (Å²) >= 11 is 0. The molecule has 0 saturated heterocycles. The number of hydrogen-bond acceptors (Lipinski definition) is 2. The first-order chi connectivity index (χ1) is 7.77. The van der Waals surface area contributed by atoms with Crippen molar-refractivity contribution < 1.29 is 8.42 Å². The Morgan fingerprint density at radius 1 is 1.18 bits per heavy atom. The van der Waals surface area contributed by atoms with Crippen LogP contribution in [0.2, 0.25) is 0 Å². The summed E-state index contributed by atoms with van der Waals surface area (Å²) in [6.45, 7) is 8.54. The smallest absolute Gasteiger partial charge is 0.211 e. The van der Waals surface area contributed by atoms with Crippen molar-refractivity contribution in [2.45, 2.75) is 39.0 Å². The summed E-state index contributed by atoms with van der Waals surface area (Å²) in [7, 11) is -3.37. The monoisotopic (exact) mass is 255 g/mol. The molecule has 0 aromatic heterocycles. The van der Waals surface area contributed by atoms with Gasteiger partial charge in [-0.2, -0.15) is 0 Å². The molecule has 96 valence electrons. The lowest BCUT2D eigenvalue weighted by Crippen LogP contribution is -2.33. The molecule has 3 nitrogen and oxygen atoms in total. The Hall–Kier alpha value is -0.870. The number of hydrogen-bond donors (Lipinski definition) is 1. The summed E-state index contributed by atoms with van der Waals surface area (Å²) in [6, 6.07) is 6.88. The van der Waals surface area contributed by atoms with E-state index in [1.807, 2.05) is 20.8 Å². The van der Waals surface area contributed by atoms with Gasteiger partial charge in [0.05, 0.1) is 4.90 Å². The molecule has 1 aromatic rings. The number of nitrogens with one attached hydrogen (secondary N) is 1. The summed E-state index contributed by atoms with van der Waals surface area (Å²) < 4.78 is 26.6. The Kier molecular flexibility index (Phi) is 4.33. The molecule has 1 rings (SSSR count). The lowest BCUT2D eigenvalue weighted by atomic mass is 9.91. The molecule has 0 fully saturated rings. The van der Waals surface area contributed by atoms with E-state index in [9.17, 15) is 8.42 Å². The molecule has 0 atom stereocenters. The van der Waals surface area contributed by atoms with Crippen molar-refractivity contribution in [3.8, 4) is 0 Å². The van der Waals surface area contributed by atoms with Crippen LogP contribution in [0.5, 0.6) is 0 Å². The van der Waals surface area contributed by atoms with Gasteiger partial charge in [-0.25, -0.2) is 13.1 Å². The van der Waals surface area contributed by atoms with E-state index in [4.69, 9.17) is 0 Å². The third-order valence-electron chi connectivity index (χ3n) is 3.03. The van der Waals surface area contributed by atoms with E-state index < -0.39 is 10.0 Å². The summed E-state index contributed by atoms with van der Waals surface area (Å²) in [5.41, 5.74) is 1.04. The van der Waals surface area contributed by atoms with Crippen LogP contribution in [-0.4, -0.2) is 15.0 Å². The Balaban J connectivity index is 2.79. The van der Waals surface area contributed by atoms with Gasteiger partial charge in [0, 0.05) is 6.54 Å². The molecule has 0 aliphatic carbocycles. The minimum Gasteiger partial charge on any atom is -0.211 e. The Labute approximate surface area is 104 Å². The van der Waals surface area contributed by atoms with Crippen LogP contribution in [0.4, 0.5) is 0 Å². The summed E-state index contributed by atoms with van der Waals surface area (Å²) in [5, 5.41) is 0. The maximum absolute atomic E-state index is 12.0. The van der Waals surface area contributed by atoms with Gasteiger partial charge in [-0.1, -0.05) is 38.5 Å². The first-order valence-corrected chi connectivity index (χ1v) is 7.31. The fraction of sp³-hybridized carbons (Fsp3) is 0.538. The first-order valence-electron chi connectivity index (χ1n) is 5.83. The molecule has 1 aromatic carbocycles. The van der Waals surface area contributed by atoms with Crippen LogP contribution in [0.1, 0.15) is 32.8 Å². The van der Waals surface area contributed by atoms with Crippen LogP contribution in [0.3, 0.4) is 0 Å². The summed E-state index contributed by atoms with van der Waals surface area (Å²) in [6.07, 6.45) is 0.934. The molecule has 0 aliphatic heterocycles. The molecule has 0 heterocycles. The van der Waals surface area contributed by atoms with Crippen LogP contribution in [-0.2, 0) is 10.0 Å². The van der Waals surface area contributed by atoms with E-state index in [0.29, 0.717) is 11.4 Å². The molecule has 1 N–H and O–H groups in total. The van der Waals surface area contributed by atoms with E-state index in [-0.39, 0.29) is 5.41 Å². The van der Waals surface area contributed by atoms with E-state index in [1.54, 1.807) is 24.3 Å². The lowest BCUT2D eigenvalue weighted by Gasteiger charge is -2.22.